The van der Waals surface area contributed by atoms with Crippen molar-refractivity contribution in [3.63, 3.8) is 0 Å². The molecule has 1 aliphatic heterocycles. The van der Waals surface area contributed by atoms with Crippen LogP contribution >= 0.6 is 11.6 Å². The van der Waals surface area contributed by atoms with Crippen LogP contribution in [-0.2, 0) is 7.05 Å². The van der Waals surface area contributed by atoms with E-state index in [0.29, 0.717) is 12.1 Å². The number of anilines is 1. The second-order valence-electron chi connectivity index (χ2n) is 5.77. The van der Waals surface area contributed by atoms with Gasteiger partial charge in [0.1, 0.15) is 5.82 Å². The molecule has 0 aliphatic carbocycles. The molecule has 0 spiro atoms. The van der Waals surface area contributed by atoms with E-state index in [1.54, 1.807) is 23.0 Å². The Morgan fingerprint density at radius 1 is 1.48 bits per heavy atom. The summed E-state index contributed by atoms with van der Waals surface area (Å²) in [4.78, 5) is 14.4. The Balaban J connectivity index is 1.64. The molecule has 1 atom stereocenters. The molecule has 2 aromatic rings. The second-order valence-corrected chi connectivity index (χ2v) is 6.18. The van der Waals surface area contributed by atoms with Crippen LogP contribution in [0.3, 0.4) is 0 Å². The first kappa shape index (κ1) is 15.8. The van der Waals surface area contributed by atoms with Crippen molar-refractivity contribution < 1.29 is 9.18 Å². The minimum absolute atomic E-state index is 0.0472. The molecule has 2 heterocycles. The molecule has 0 unspecified atom stereocenters. The molecule has 1 N–H and O–H groups in total. The Morgan fingerprint density at radius 2 is 2.26 bits per heavy atom. The van der Waals surface area contributed by atoms with E-state index in [1.165, 1.54) is 6.07 Å². The van der Waals surface area contributed by atoms with E-state index in [4.69, 9.17) is 11.6 Å². The number of aryl methyl sites for hydroxylation is 1. The number of hydrogen-bond acceptors (Lipinski definition) is 3. The summed E-state index contributed by atoms with van der Waals surface area (Å²) in [5.74, 6) is -0.536. The first-order valence-electron chi connectivity index (χ1n) is 7.45. The highest BCUT2D eigenvalue weighted by Gasteiger charge is 2.25. The molecule has 1 amide bonds. The molecule has 1 aromatic heterocycles. The molecule has 3 rings (SSSR count). The summed E-state index contributed by atoms with van der Waals surface area (Å²) < 4.78 is 14.9. The van der Waals surface area contributed by atoms with Gasteiger partial charge in [-0.05, 0) is 31.5 Å². The van der Waals surface area contributed by atoms with Crippen LogP contribution in [0.1, 0.15) is 22.5 Å². The molecule has 0 bridgehead atoms. The van der Waals surface area contributed by atoms with Crippen molar-refractivity contribution in [3.05, 3.63) is 46.5 Å². The zero-order chi connectivity index (χ0) is 16.6. The van der Waals surface area contributed by atoms with Gasteiger partial charge in [0.05, 0.1) is 16.8 Å². The highest BCUT2D eigenvalue weighted by molar-refractivity contribution is 6.31. The number of nitrogens with zero attached hydrogens (tertiary/aromatic N) is 3. The number of rotatable bonds is 3. The minimum atomic E-state index is -0.425. The third kappa shape index (κ3) is 3.17. The molecule has 23 heavy (non-hydrogen) atoms. The van der Waals surface area contributed by atoms with Crippen molar-refractivity contribution in [2.75, 3.05) is 18.0 Å². The van der Waals surface area contributed by atoms with Gasteiger partial charge in [0.25, 0.3) is 5.91 Å². The number of carbonyl (C=O) groups is 1. The van der Waals surface area contributed by atoms with E-state index < -0.39 is 5.82 Å². The van der Waals surface area contributed by atoms with Gasteiger partial charge < -0.3 is 10.2 Å². The van der Waals surface area contributed by atoms with Crippen molar-refractivity contribution in [2.45, 2.75) is 19.4 Å². The van der Waals surface area contributed by atoms with E-state index in [1.807, 2.05) is 14.0 Å². The Morgan fingerprint density at radius 3 is 2.91 bits per heavy atom. The zero-order valence-corrected chi connectivity index (χ0v) is 13.8. The lowest BCUT2D eigenvalue weighted by atomic mass is 10.2. The van der Waals surface area contributed by atoms with Gasteiger partial charge in [0.15, 0.2) is 0 Å². The Labute approximate surface area is 139 Å². The average molecular weight is 337 g/mol. The maximum atomic E-state index is 13.2. The highest BCUT2D eigenvalue weighted by Crippen LogP contribution is 2.25. The molecule has 5 nitrogen and oxygen atoms in total. The fraction of sp³-hybridized carbons (Fsp3) is 0.375. The van der Waals surface area contributed by atoms with Crippen LogP contribution in [0.15, 0.2) is 24.4 Å². The van der Waals surface area contributed by atoms with Crippen LogP contribution in [0, 0.1) is 12.7 Å². The van der Waals surface area contributed by atoms with E-state index in [9.17, 15) is 9.18 Å². The van der Waals surface area contributed by atoms with Gasteiger partial charge in [-0.1, -0.05) is 11.6 Å². The maximum Gasteiger partial charge on any atom is 0.255 e. The summed E-state index contributed by atoms with van der Waals surface area (Å²) in [5.41, 5.74) is 2.30. The van der Waals surface area contributed by atoms with Crippen molar-refractivity contribution in [1.82, 2.24) is 15.1 Å². The SMILES string of the molecule is Cc1c(C(=O)N[C@H]2CCN(c3ccc(F)c(Cl)c3)C2)cnn1C. The van der Waals surface area contributed by atoms with Crippen LogP contribution in [0.4, 0.5) is 10.1 Å². The summed E-state index contributed by atoms with van der Waals surface area (Å²) >= 11 is 5.83. The molecule has 1 aliphatic rings. The number of carbonyl (C=O) groups excluding carboxylic acids is 1. The first-order valence-corrected chi connectivity index (χ1v) is 7.83. The van der Waals surface area contributed by atoms with Gasteiger partial charge in [0, 0.05) is 37.6 Å². The second kappa shape index (κ2) is 6.20. The third-order valence-electron chi connectivity index (χ3n) is 4.27. The van der Waals surface area contributed by atoms with Gasteiger partial charge >= 0.3 is 0 Å². The zero-order valence-electron chi connectivity index (χ0n) is 13.0. The normalized spacial score (nSPS) is 17.6. The quantitative estimate of drug-likeness (QED) is 0.937. The fourth-order valence-electron chi connectivity index (χ4n) is 2.78. The van der Waals surface area contributed by atoms with Crippen LogP contribution in [0.2, 0.25) is 5.02 Å². The monoisotopic (exact) mass is 336 g/mol. The summed E-state index contributed by atoms with van der Waals surface area (Å²) in [6.45, 7) is 3.33. The molecular weight excluding hydrogens is 319 g/mol. The number of halogens is 2. The molecule has 1 saturated heterocycles. The van der Waals surface area contributed by atoms with Crippen LogP contribution in [0.25, 0.3) is 0 Å². The number of aromatic nitrogens is 2. The fourth-order valence-corrected chi connectivity index (χ4v) is 2.95. The summed E-state index contributed by atoms with van der Waals surface area (Å²) in [7, 11) is 1.81. The largest absolute Gasteiger partial charge is 0.369 e. The van der Waals surface area contributed by atoms with Crippen molar-refractivity contribution in [1.29, 1.82) is 0 Å². The van der Waals surface area contributed by atoms with E-state index >= 15 is 0 Å². The van der Waals surface area contributed by atoms with Crippen molar-refractivity contribution in [3.8, 4) is 0 Å². The van der Waals surface area contributed by atoms with Gasteiger partial charge in [-0.2, -0.15) is 5.10 Å². The smallest absolute Gasteiger partial charge is 0.255 e. The third-order valence-corrected chi connectivity index (χ3v) is 4.56. The lowest BCUT2D eigenvalue weighted by Gasteiger charge is -2.19. The van der Waals surface area contributed by atoms with Gasteiger partial charge in [0.2, 0.25) is 0 Å². The Bertz CT molecular complexity index is 746. The Hall–Kier alpha value is -2.08. The van der Waals surface area contributed by atoms with Gasteiger partial charge in [-0.15, -0.1) is 0 Å². The lowest BCUT2D eigenvalue weighted by Crippen LogP contribution is -2.37. The van der Waals surface area contributed by atoms with Gasteiger partial charge in [-0.25, -0.2) is 4.39 Å². The first-order chi connectivity index (χ1) is 11.0. The molecular formula is C16H18ClFN4O. The molecule has 1 fully saturated rings. The standard InChI is InChI=1S/C16H18ClFN4O/c1-10-13(8-19-21(10)2)16(23)20-11-5-6-22(9-11)12-3-4-15(18)14(17)7-12/h3-4,7-8,11H,5-6,9H2,1-2H3,(H,20,23)/t11-/m0/s1. The van der Waals surface area contributed by atoms with Crippen molar-refractivity contribution in [2.24, 2.45) is 7.05 Å². The number of nitrogens with one attached hydrogen (secondary N) is 1. The predicted molar refractivity (Wildman–Crippen MR) is 87.4 cm³/mol. The summed E-state index contributed by atoms with van der Waals surface area (Å²) in [6.07, 6.45) is 2.41. The number of hydrogen-bond donors (Lipinski definition) is 1. The van der Waals surface area contributed by atoms with Crippen LogP contribution in [-0.4, -0.2) is 34.8 Å². The van der Waals surface area contributed by atoms with Crippen molar-refractivity contribution >= 4 is 23.2 Å². The van der Waals surface area contributed by atoms with Gasteiger partial charge in [-0.3, -0.25) is 9.48 Å². The minimum Gasteiger partial charge on any atom is -0.369 e. The molecule has 0 radical (unpaired) electrons. The molecule has 1 aromatic carbocycles. The maximum absolute atomic E-state index is 13.2. The number of amides is 1. The topological polar surface area (TPSA) is 50.2 Å². The molecule has 122 valence electrons. The van der Waals surface area contributed by atoms with E-state index in [2.05, 4.69) is 15.3 Å². The van der Waals surface area contributed by atoms with E-state index in [0.717, 1.165) is 24.3 Å². The summed E-state index contributed by atoms with van der Waals surface area (Å²) in [5, 5.41) is 7.23. The summed E-state index contributed by atoms with van der Waals surface area (Å²) in [6, 6.07) is 4.73. The highest BCUT2D eigenvalue weighted by atomic mass is 35.5. The van der Waals surface area contributed by atoms with Crippen LogP contribution in [0.5, 0.6) is 0 Å². The number of benzene rings is 1. The predicted octanol–water partition coefficient (Wildman–Crippen LogP) is 2.53. The van der Waals surface area contributed by atoms with E-state index in [-0.39, 0.29) is 17.0 Å². The average Bonchev–Trinajstić information content (AvgIpc) is 3.10. The van der Waals surface area contributed by atoms with Crippen LogP contribution < -0.4 is 10.2 Å². The molecule has 0 saturated carbocycles. The molecule has 7 heteroatoms. The lowest BCUT2D eigenvalue weighted by molar-refractivity contribution is 0.0939. The Kier molecular flexibility index (Phi) is 4.26.